The number of carbonyl (C=O) groups is 1. The number of methoxy groups -OCH3 is 1. The second-order valence-electron chi connectivity index (χ2n) is 6.79. The lowest BCUT2D eigenvalue weighted by atomic mass is 10.0. The molecule has 0 saturated carbocycles. The molecule has 0 aliphatic carbocycles. The predicted molar refractivity (Wildman–Crippen MR) is 116 cm³/mol. The highest BCUT2D eigenvalue weighted by Crippen LogP contribution is 2.34. The molecule has 0 fully saturated rings. The number of benzene rings is 2. The Hall–Kier alpha value is -3.87. The zero-order valence-corrected chi connectivity index (χ0v) is 16.8. The van der Waals surface area contributed by atoms with E-state index < -0.39 is 5.97 Å². The first kappa shape index (κ1) is 19.4. The van der Waals surface area contributed by atoms with Crippen molar-refractivity contribution in [2.75, 3.05) is 19.0 Å². The molecule has 0 radical (unpaired) electrons. The van der Waals surface area contributed by atoms with Gasteiger partial charge in [0.05, 0.1) is 30.1 Å². The zero-order chi connectivity index (χ0) is 21.1. The Kier molecular flexibility index (Phi) is 5.34. The fraction of sp³-hybridized carbons (Fsp3) is 0.174. The molecule has 30 heavy (non-hydrogen) atoms. The van der Waals surface area contributed by atoms with E-state index in [9.17, 15) is 9.90 Å². The van der Waals surface area contributed by atoms with Gasteiger partial charge in [0.1, 0.15) is 17.3 Å². The van der Waals surface area contributed by atoms with Crippen molar-refractivity contribution < 1.29 is 14.6 Å². The average molecular weight is 402 g/mol. The van der Waals surface area contributed by atoms with Gasteiger partial charge in [-0.15, -0.1) is 0 Å². The number of aromatic carboxylic acids is 1. The Balaban J connectivity index is 1.91. The smallest absolute Gasteiger partial charge is 0.336 e. The first-order valence-corrected chi connectivity index (χ1v) is 9.67. The van der Waals surface area contributed by atoms with Crippen LogP contribution in [-0.2, 0) is 6.54 Å². The maximum atomic E-state index is 11.8. The van der Waals surface area contributed by atoms with Crippen LogP contribution in [0.1, 0.15) is 22.8 Å². The number of fused-ring (bicyclic) bond motifs is 1. The average Bonchev–Trinajstić information content (AvgIpc) is 3.14. The van der Waals surface area contributed by atoms with Crippen LogP contribution in [0.2, 0.25) is 0 Å². The summed E-state index contributed by atoms with van der Waals surface area (Å²) in [5.74, 6) is 0.488. The summed E-state index contributed by atoms with van der Waals surface area (Å²) >= 11 is 0. The molecule has 2 aromatic heterocycles. The normalized spacial score (nSPS) is 10.9. The second-order valence-corrected chi connectivity index (χ2v) is 6.79. The number of carboxylic acids is 1. The van der Waals surface area contributed by atoms with Gasteiger partial charge in [-0.05, 0) is 36.8 Å². The number of nitrogens with zero attached hydrogens (tertiary/aromatic N) is 3. The number of rotatable bonds is 7. The Labute approximate surface area is 173 Å². The van der Waals surface area contributed by atoms with Crippen molar-refractivity contribution in [3.05, 3.63) is 71.9 Å². The molecule has 4 aromatic rings. The lowest BCUT2D eigenvalue weighted by Gasteiger charge is -2.07. The van der Waals surface area contributed by atoms with E-state index in [1.54, 1.807) is 31.5 Å². The van der Waals surface area contributed by atoms with Crippen molar-refractivity contribution in [2.24, 2.45) is 0 Å². The highest BCUT2D eigenvalue weighted by molar-refractivity contribution is 6.05. The third-order valence-corrected chi connectivity index (χ3v) is 4.91. The quantitative estimate of drug-likeness (QED) is 0.479. The van der Waals surface area contributed by atoms with E-state index in [1.165, 1.54) is 0 Å². The van der Waals surface area contributed by atoms with Gasteiger partial charge in [0, 0.05) is 18.3 Å². The molecule has 2 aromatic carbocycles. The molecule has 0 aliphatic heterocycles. The van der Waals surface area contributed by atoms with E-state index >= 15 is 0 Å². The number of anilines is 1. The number of pyridine rings is 1. The second kappa shape index (κ2) is 8.24. The summed E-state index contributed by atoms with van der Waals surface area (Å²) in [7, 11) is 1.64. The minimum Gasteiger partial charge on any atom is -0.497 e. The monoisotopic (exact) mass is 402 g/mol. The predicted octanol–water partition coefficient (Wildman–Crippen LogP) is 4.29. The van der Waals surface area contributed by atoms with Gasteiger partial charge in [0.15, 0.2) is 0 Å². The van der Waals surface area contributed by atoms with E-state index in [2.05, 4.69) is 10.3 Å². The van der Waals surface area contributed by atoms with Crippen molar-refractivity contribution >= 4 is 22.7 Å². The maximum Gasteiger partial charge on any atom is 0.336 e. The molecule has 0 atom stereocenters. The number of ether oxygens (including phenoxy) is 1. The molecule has 7 heteroatoms. The Bertz CT molecular complexity index is 1200. The van der Waals surface area contributed by atoms with E-state index in [4.69, 9.17) is 9.84 Å². The van der Waals surface area contributed by atoms with Gasteiger partial charge in [-0.3, -0.25) is 4.68 Å². The van der Waals surface area contributed by atoms with Crippen molar-refractivity contribution in [3.63, 3.8) is 0 Å². The molecule has 0 saturated heterocycles. The van der Waals surface area contributed by atoms with Crippen LogP contribution >= 0.6 is 0 Å². The minimum atomic E-state index is -0.989. The van der Waals surface area contributed by atoms with Gasteiger partial charge in [-0.25, -0.2) is 9.78 Å². The van der Waals surface area contributed by atoms with Crippen molar-refractivity contribution in [2.45, 2.75) is 13.5 Å². The van der Waals surface area contributed by atoms with Crippen LogP contribution in [0.4, 0.5) is 5.82 Å². The number of aromatic nitrogens is 3. The van der Waals surface area contributed by atoms with Gasteiger partial charge in [0.2, 0.25) is 0 Å². The van der Waals surface area contributed by atoms with Crippen LogP contribution in [0.25, 0.3) is 22.2 Å². The fourth-order valence-corrected chi connectivity index (χ4v) is 3.52. The fourth-order valence-electron chi connectivity index (χ4n) is 3.52. The number of hydrogen-bond acceptors (Lipinski definition) is 5. The first-order chi connectivity index (χ1) is 14.6. The number of nitrogens with one attached hydrogen (secondary N) is 1. The molecule has 2 N–H and O–H groups in total. The van der Waals surface area contributed by atoms with Crippen LogP contribution < -0.4 is 10.1 Å². The summed E-state index contributed by atoms with van der Waals surface area (Å²) in [4.78, 5) is 16.3. The topological polar surface area (TPSA) is 89.3 Å². The molecule has 2 heterocycles. The molecule has 7 nitrogen and oxygen atoms in total. The molecular weight excluding hydrogens is 380 g/mol. The van der Waals surface area contributed by atoms with E-state index in [0.29, 0.717) is 30.2 Å². The molecule has 0 spiro atoms. The van der Waals surface area contributed by atoms with Crippen molar-refractivity contribution in [1.82, 2.24) is 14.8 Å². The summed E-state index contributed by atoms with van der Waals surface area (Å²) in [6.07, 6.45) is 1.74. The first-order valence-electron chi connectivity index (χ1n) is 9.67. The van der Waals surface area contributed by atoms with Crippen LogP contribution in [-0.4, -0.2) is 39.5 Å². The summed E-state index contributed by atoms with van der Waals surface area (Å²) in [6, 6.07) is 16.6. The summed E-state index contributed by atoms with van der Waals surface area (Å²) in [5, 5.41) is 18.6. The van der Waals surface area contributed by atoms with Gasteiger partial charge >= 0.3 is 5.97 Å². The van der Waals surface area contributed by atoms with Gasteiger partial charge in [0.25, 0.3) is 0 Å². The summed E-state index contributed by atoms with van der Waals surface area (Å²) in [6.45, 7) is 3.22. The third-order valence-electron chi connectivity index (χ3n) is 4.91. The lowest BCUT2D eigenvalue weighted by Crippen LogP contribution is -2.03. The largest absolute Gasteiger partial charge is 0.497 e. The van der Waals surface area contributed by atoms with Gasteiger partial charge in [-0.1, -0.05) is 30.3 Å². The van der Waals surface area contributed by atoms with Crippen LogP contribution in [0.3, 0.4) is 0 Å². The Morgan fingerprint density at radius 3 is 2.60 bits per heavy atom. The minimum absolute atomic E-state index is 0.208. The lowest BCUT2D eigenvalue weighted by molar-refractivity contribution is 0.0697. The molecule has 0 unspecified atom stereocenters. The van der Waals surface area contributed by atoms with Crippen LogP contribution in [0.5, 0.6) is 5.75 Å². The molecular formula is C23H22N4O3. The van der Waals surface area contributed by atoms with E-state index in [0.717, 1.165) is 22.2 Å². The van der Waals surface area contributed by atoms with Crippen LogP contribution in [0, 0.1) is 0 Å². The molecule has 0 amide bonds. The Morgan fingerprint density at radius 1 is 1.13 bits per heavy atom. The highest BCUT2D eigenvalue weighted by atomic mass is 16.5. The SMILES string of the molecule is CCNc1nccc2c1c(-c1ccccc1C(=O)O)nn2Cc1ccc(OC)cc1. The van der Waals surface area contributed by atoms with Gasteiger partial charge < -0.3 is 15.2 Å². The van der Waals surface area contributed by atoms with E-state index in [1.807, 2.05) is 48.0 Å². The Morgan fingerprint density at radius 2 is 1.90 bits per heavy atom. The number of carboxylic acid groups (broad SMARTS) is 1. The standard InChI is InChI=1S/C23H22N4O3/c1-3-24-22-20-19(12-13-25-22)27(14-15-8-10-16(30-2)11-9-15)26-21(20)17-6-4-5-7-18(17)23(28)29/h4-13H,3,14H2,1-2H3,(H,24,25)(H,28,29). The highest BCUT2D eigenvalue weighted by Gasteiger charge is 2.21. The summed E-state index contributed by atoms with van der Waals surface area (Å²) in [5.41, 5.74) is 3.31. The summed E-state index contributed by atoms with van der Waals surface area (Å²) < 4.78 is 7.12. The molecule has 0 bridgehead atoms. The zero-order valence-electron chi connectivity index (χ0n) is 16.8. The van der Waals surface area contributed by atoms with Gasteiger partial charge in [-0.2, -0.15) is 5.10 Å². The van der Waals surface area contributed by atoms with Crippen molar-refractivity contribution in [1.29, 1.82) is 0 Å². The van der Waals surface area contributed by atoms with Crippen LogP contribution in [0.15, 0.2) is 60.8 Å². The maximum absolute atomic E-state index is 11.8. The molecule has 152 valence electrons. The molecule has 0 aliphatic rings. The third kappa shape index (κ3) is 3.57. The van der Waals surface area contributed by atoms with E-state index in [-0.39, 0.29) is 5.56 Å². The number of hydrogen-bond donors (Lipinski definition) is 2. The van der Waals surface area contributed by atoms with Crippen molar-refractivity contribution in [3.8, 4) is 17.0 Å². The molecule has 4 rings (SSSR count).